The Balaban J connectivity index is 2.11. The van der Waals surface area contributed by atoms with Crippen molar-refractivity contribution in [2.24, 2.45) is 0 Å². The topological polar surface area (TPSA) is 70.7 Å². The van der Waals surface area contributed by atoms with E-state index in [4.69, 9.17) is 0 Å². The summed E-state index contributed by atoms with van der Waals surface area (Å²) < 4.78 is 0.694. The van der Waals surface area contributed by atoms with Gasteiger partial charge in [0.25, 0.3) is 5.91 Å². The maximum absolute atomic E-state index is 11.7. The Labute approximate surface area is 100 Å². The number of nitrogens with one attached hydrogen (secondary N) is 2. The molecule has 2 aromatic rings. The minimum Gasteiger partial charge on any atom is -0.305 e. The standard InChI is InChI=1S/C10H9BrN4O/c1-6-4-9(15-14-6)13-10(16)7-2-3-8(11)12-5-7/h2-5H,1H3,(H2,13,14,15,16). The lowest BCUT2D eigenvalue weighted by Crippen LogP contribution is -2.12. The molecular formula is C10H9BrN4O. The van der Waals surface area contributed by atoms with Gasteiger partial charge in [0.2, 0.25) is 0 Å². The summed E-state index contributed by atoms with van der Waals surface area (Å²) in [6.07, 6.45) is 1.50. The number of H-pyrrole nitrogens is 1. The molecule has 0 aliphatic rings. The van der Waals surface area contributed by atoms with E-state index in [1.54, 1.807) is 18.2 Å². The van der Waals surface area contributed by atoms with Crippen LogP contribution in [-0.2, 0) is 0 Å². The van der Waals surface area contributed by atoms with Gasteiger partial charge in [-0.1, -0.05) is 0 Å². The van der Waals surface area contributed by atoms with Gasteiger partial charge < -0.3 is 5.32 Å². The first-order valence-corrected chi connectivity index (χ1v) is 5.39. The van der Waals surface area contributed by atoms with E-state index in [2.05, 4.69) is 36.4 Å². The van der Waals surface area contributed by atoms with Crippen LogP contribution in [0.1, 0.15) is 16.1 Å². The minimum atomic E-state index is -0.230. The number of rotatable bonds is 2. The van der Waals surface area contributed by atoms with Crippen molar-refractivity contribution in [3.63, 3.8) is 0 Å². The second-order valence-electron chi connectivity index (χ2n) is 3.26. The van der Waals surface area contributed by atoms with Gasteiger partial charge in [0.15, 0.2) is 5.82 Å². The monoisotopic (exact) mass is 280 g/mol. The van der Waals surface area contributed by atoms with Gasteiger partial charge in [-0.2, -0.15) is 5.10 Å². The van der Waals surface area contributed by atoms with Crippen LogP contribution in [0.3, 0.4) is 0 Å². The smallest absolute Gasteiger partial charge is 0.258 e. The van der Waals surface area contributed by atoms with Crippen LogP contribution in [0.5, 0.6) is 0 Å². The molecule has 0 bridgehead atoms. The number of halogens is 1. The first-order valence-electron chi connectivity index (χ1n) is 4.60. The molecule has 2 rings (SSSR count). The molecule has 16 heavy (non-hydrogen) atoms. The van der Waals surface area contributed by atoms with E-state index in [-0.39, 0.29) is 5.91 Å². The fourth-order valence-corrected chi connectivity index (χ4v) is 1.42. The summed E-state index contributed by atoms with van der Waals surface area (Å²) in [5.74, 6) is 0.275. The van der Waals surface area contributed by atoms with Crippen molar-refractivity contribution in [2.45, 2.75) is 6.92 Å². The van der Waals surface area contributed by atoms with Crippen LogP contribution in [0.4, 0.5) is 5.82 Å². The average molecular weight is 281 g/mol. The second-order valence-corrected chi connectivity index (χ2v) is 4.07. The molecule has 0 aliphatic heterocycles. The first kappa shape index (κ1) is 10.8. The van der Waals surface area contributed by atoms with E-state index >= 15 is 0 Å². The number of carbonyl (C=O) groups excluding carboxylic acids is 1. The van der Waals surface area contributed by atoms with Crippen molar-refractivity contribution in [1.29, 1.82) is 0 Å². The second kappa shape index (κ2) is 4.44. The third-order valence-corrected chi connectivity index (χ3v) is 2.41. The average Bonchev–Trinajstić information content (AvgIpc) is 2.65. The number of pyridine rings is 1. The number of hydrogen-bond acceptors (Lipinski definition) is 3. The quantitative estimate of drug-likeness (QED) is 0.828. The molecule has 82 valence electrons. The summed E-state index contributed by atoms with van der Waals surface area (Å²) in [5, 5.41) is 9.32. The van der Waals surface area contributed by atoms with E-state index in [9.17, 15) is 4.79 Å². The molecule has 0 fully saturated rings. The Kier molecular flexibility index (Phi) is 3.00. The molecule has 0 spiro atoms. The summed E-state index contributed by atoms with van der Waals surface area (Å²) >= 11 is 3.20. The van der Waals surface area contributed by atoms with Crippen LogP contribution in [0.25, 0.3) is 0 Å². The zero-order chi connectivity index (χ0) is 11.5. The predicted octanol–water partition coefficient (Wildman–Crippen LogP) is 2.13. The minimum absolute atomic E-state index is 0.230. The van der Waals surface area contributed by atoms with Gasteiger partial charge in [-0.15, -0.1) is 0 Å². The third-order valence-electron chi connectivity index (χ3n) is 1.94. The molecular weight excluding hydrogens is 272 g/mol. The van der Waals surface area contributed by atoms with Crippen LogP contribution in [0.2, 0.25) is 0 Å². The summed E-state index contributed by atoms with van der Waals surface area (Å²) in [6, 6.07) is 5.15. The molecule has 0 saturated heterocycles. The summed E-state index contributed by atoms with van der Waals surface area (Å²) in [7, 11) is 0. The van der Waals surface area contributed by atoms with Gasteiger partial charge in [-0.25, -0.2) is 4.98 Å². The molecule has 2 N–H and O–H groups in total. The van der Waals surface area contributed by atoms with E-state index in [1.165, 1.54) is 6.20 Å². The Morgan fingerprint density at radius 2 is 2.31 bits per heavy atom. The molecule has 1 amide bonds. The van der Waals surface area contributed by atoms with Crippen LogP contribution >= 0.6 is 15.9 Å². The molecule has 0 aromatic carbocycles. The number of hydrogen-bond donors (Lipinski definition) is 2. The number of aromatic nitrogens is 3. The van der Waals surface area contributed by atoms with Crippen molar-refractivity contribution in [3.8, 4) is 0 Å². The first-order chi connectivity index (χ1) is 7.65. The molecule has 0 aliphatic carbocycles. The number of amides is 1. The molecule has 0 unspecified atom stereocenters. The van der Waals surface area contributed by atoms with Crippen molar-refractivity contribution in [3.05, 3.63) is 40.3 Å². The van der Waals surface area contributed by atoms with Crippen molar-refractivity contribution < 1.29 is 4.79 Å². The van der Waals surface area contributed by atoms with Crippen molar-refractivity contribution in [2.75, 3.05) is 5.32 Å². The molecule has 2 aromatic heterocycles. The zero-order valence-electron chi connectivity index (χ0n) is 8.49. The maximum Gasteiger partial charge on any atom is 0.258 e. The van der Waals surface area contributed by atoms with Crippen molar-refractivity contribution >= 4 is 27.7 Å². The van der Waals surface area contributed by atoms with E-state index in [0.717, 1.165) is 5.69 Å². The lowest BCUT2D eigenvalue weighted by molar-refractivity contribution is 0.102. The van der Waals surface area contributed by atoms with Gasteiger partial charge >= 0.3 is 0 Å². The Bertz CT molecular complexity index is 506. The van der Waals surface area contributed by atoms with Crippen LogP contribution in [-0.4, -0.2) is 21.1 Å². The molecule has 0 saturated carbocycles. The Morgan fingerprint density at radius 3 is 2.88 bits per heavy atom. The predicted molar refractivity (Wildman–Crippen MR) is 63.2 cm³/mol. The number of nitrogens with zero attached hydrogens (tertiary/aromatic N) is 2. The lowest BCUT2D eigenvalue weighted by atomic mass is 10.3. The van der Waals surface area contributed by atoms with Gasteiger partial charge in [0.05, 0.1) is 5.56 Å². The highest BCUT2D eigenvalue weighted by atomic mass is 79.9. The lowest BCUT2D eigenvalue weighted by Gasteiger charge is -2.00. The normalized spacial score (nSPS) is 10.1. The number of carbonyl (C=O) groups is 1. The highest BCUT2D eigenvalue weighted by Gasteiger charge is 2.07. The molecule has 0 radical (unpaired) electrons. The van der Waals surface area contributed by atoms with Crippen LogP contribution in [0, 0.1) is 6.92 Å². The SMILES string of the molecule is Cc1cc(NC(=O)c2ccc(Br)nc2)n[nH]1. The van der Waals surface area contributed by atoms with Crippen LogP contribution in [0.15, 0.2) is 29.0 Å². The van der Waals surface area contributed by atoms with E-state index in [1.807, 2.05) is 6.92 Å². The maximum atomic E-state index is 11.7. The highest BCUT2D eigenvalue weighted by molar-refractivity contribution is 9.10. The number of aromatic amines is 1. The van der Waals surface area contributed by atoms with E-state index < -0.39 is 0 Å². The molecule has 5 nitrogen and oxygen atoms in total. The highest BCUT2D eigenvalue weighted by Crippen LogP contribution is 2.09. The van der Waals surface area contributed by atoms with Gasteiger partial charge in [-0.3, -0.25) is 9.89 Å². The Morgan fingerprint density at radius 1 is 1.50 bits per heavy atom. The molecule has 6 heteroatoms. The molecule has 2 heterocycles. The van der Waals surface area contributed by atoms with Crippen molar-refractivity contribution in [1.82, 2.24) is 15.2 Å². The van der Waals surface area contributed by atoms with E-state index in [0.29, 0.717) is 16.0 Å². The van der Waals surface area contributed by atoms with Crippen LogP contribution < -0.4 is 5.32 Å². The fraction of sp³-hybridized carbons (Fsp3) is 0.100. The Hall–Kier alpha value is -1.69. The molecule has 0 atom stereocenters. The van der Waals surface area contributed by atoms with Gasteiger partial charge in [0, 0.05) is 18.0 Å². The largest absolute Gasteiger partial charge is 0.305 e. The summed E-state index contributed by atoms with van der Waals surface area (Å²) in [6.45, 7) is 1.86. The fourth-order valence-electron chi connectivity index (χ4n) is 1.18. The third kappa shape index (κ3) is 2.46. The zero-order valence-corrected chi connectivity index (χ0v) is 10.1. The summed E-state index contributed by atoms with van der Waals surface area (Å²) in [5.41, 5.74) is 1.38. The van der Waals surface area contributed by atoms with Gasteiger partial charge in [-0.05, 0) is 35.0 Å². The number of aryl methyl sites for hydroxylation is 1. The summed E-state index contributed by atoms with van der Waals surface area (Å²) in [4.78, 5) is 15.7. The van der Waals surface area contributed by atoms with Gasteiger partial charge in [0.1, 0.15) is 4.60 Å². The number of anilines is 1.